The van der Waals surface area contributed by atoms with Gasteiger partial charge in [-0.3, -0.25) is 9.59 Å². The van der Waals surface area contributed by atoms with Crippen molar-refractivity contribution in [2.45, 2.75) is 63.4 Å². The summed E-state index contributed by atoms with van der Waals surface area (Å²) in [7, 11) is -3.74. The Morgan fingerprint density at radius 2 is 1.86 bits per heavy atom. The minimum atomic E-state index is -3.74. The first-order chi connectivity index (χ1) is 20.0. The summed E-state index contributed by atoms with van der Waals surface area (Å²) in [6.07, 6.45) is 3.32. The van der Waals surface area contributed by atoms with E-state index in [1.807, 2.05) is 0 Å². The fraction of sp³-hybridized carbons (Fsp3) is 0.517. The molecular formula is C29H37BrF2N4O5S. The van der Waals surface area contributed by atoms with Crippen LogP contribution in [0.1, 0.15) is 43.2 Å². The van der Waals surface area contributed by atoms with Gasteiger partial charge >= 0.3 is 0 Å². The van der Waals surface area contributed by atoms with E-state index in [-0.39, 0.29) is 32.5 Å². The molecule has 2 aromatic rings. The fourth-order valence-electron chi connectivity index (χ4n) is 5.46. The van der Waals surface area contributed by atoms with Crippen LogP contribution >= 0.6 is 15.9 Å². The standard InChI is InChI=1S/C29H37BrF2N4O5S/c1-42(39,40)35-26(9-6-19-10-12-33-13-11-19)29(38)36-17-23(41-18-21-7-8-22(30)14-25(21)32)15-27(36)28(37)34-16-20-4-2-3-5-24(20)31/h2-5,7-8,14,19,23,26-27,33,35H,6,9-13,15-18H2,1H3,(H,34,37)/t23-,26-,27+/m1/s1. The molecular weight excluding hydrogens is 634 g/mol. The molecule has 2 aromatic carbocycles. The van der Waals surface area contributed by atoms with Crippen molar-refractivity contribution in [3.8, 4) is 0 Å². The molecule has 3 atom stereocenters. The summed E-state index contributed by atoms with van der Waals surface area (Å²) < 4.78 is 62.0. The Kier molecular flexibility index (Phi) is 11.5. The zero-order chi connectivity index (χ0) is 30.3. The summed E-state index contributed by atoms with van der Waals surface area (Å²) in [6.45, 7) is 1.61. The van der Waals surface area contributed by atoms with Crippen LogP contribution in [0.15, 0.2) is 46.9 Å². The van der Waals surface area contributed by atoms with Gasteiger partial charge in [0.25, 0.3) is 0 Å². The summed E-state index contributed by atoms with van der Waals surface area (Å²) in [5.74, 6) is -1.60. The van der Waals surface area contributed by atoms with Crippen LogP contribution in [0, 0.1) is 17.6 Å². The summed E-state index contributed by atoms with van der Waals surface area (Å²) >= 11 is 3.22. The summed E-state index contributed by atoms with van der Waals surface area (Å²) in [4.78, 5) is 28.6. The molecule has 0 unspecified atom stereocenters. The molecule has 4 rings (SSSR count). The maximum absolute atomic E-state index is 14.4. The number of nitrogens with zero attached hydrogens (tertiary/aromatic N) is 1. The lowest BCUT2D eigenvalue weighted by Crippen LogP contribution is -2.53. The third-order valence-electron chi connectivity index (χ3n) is 7.73. The van der Waals surface area contributed by atoms with Crippen molar-refractivity contribution in [1.82, 2.24) is 20.3 Å². The van der Waals surface area contributed by atoms with E-state index in [0.717, 1.165) is 32.2 Å². The number of amides is 2. The number of carbonyl (C=O) groups excluding carboxylic acids is 2. The van der Waals surface area contributed by atoms with E-state index in [9.17, 15) is 26.8 Å². The topological polar surface area (TPSA) is 117 Å². The van der Waals surface area contributed by atoms with Crippen molar-refractivity contribution in [3.05, 3.63) is 69.7 Å². The minimum absolute atomic E-state index is 0.0179. The van der Waals surface area contributed by atoms with Crippen molar-refractivity contribution >= 4 is 37.8 Å². The molecule has 0 aromatic heterocycles. The normalized spacial score (nSPS) is 20.4. The van der Waals surface area contributed by atoms with Gasteiger partial charge in [0.1, 0.15) is 23.7 Å². The van der Waals surface area contributed by atoms with E-state index in [2.05, 4.69) is 31.3 Å². The van der Waals surface area contributed by atoms with Gasteiger partial charge in [-0.25, -0.2) is 21.9 Å². The Bertz CT molecular complexity index is 1360. The third-order valence-corrected chi connectivity index (χ3v) is 8.93. The molecule has 230 valence electrons. The second-order valence-electron chi connectivity index (χ2n) is 10.9. The van der Waals surface area contributed by atoms with Crippen molar-refractivity contribution in [2.75, 3.05) is 25.9 Å². The van der Waals surface area contributed by atoms with Gasteiger partial charge < -0.3 is 20.3 Å². The molecule has 0 radical (unpaired) electrons. The zero-order valence-electron chi connectivity index (χ0n) is 23.5. The Balaban J connectivity index is 1.50. The van der Waals surface area contributed by atoms with Gasteiger partial charge in [-0.1, -0.05) is 40.2 Å². The van der Waals surface area contributed by atoms with Crippen molar-refractivity contribution in [2.24, 2.45) is 5.92 Å². The summed E-state index contributed by atoms with van der Waals surface area (Å²) in [5.41, 5.74) is 0.612. The van der Waals surface area contributed by atoms with E-state index < -0.39 is 51.7 Å². The number of piperidine rings is 1. The summed E-state index contributed by atoms with van der Waals surface area (Å²) in [5, 5.41) is 6.00. The molecule has 9 nitrogen and oxygen atoms in total. The predicted octanol–water partition coefficient (Wildman–Crippen LogP) is 3.23. The van der Waals surface area contributed by atoms with Crippen LogP contribution < -0.4 is 15.4 Å². The maximum atomic E-state index is 14.4. The lowest BCUT2D eigenvalue weighted by molar-refractivity contribution is -0.140. The number of carbonyl (C=O) groups is 2. The molecule has 2 saturated heterocycles. The molecule has 2 fully saturated rings. The number of hydrogen-bond donors (Lipinski definition) is 3. The number of halogens is 3. The first-order valence-electron chi connectivity index (χ1n) is 14.1. The molecule has 0 bridgehead atoms. The molecule has 0 saturated carbocycles. The number of ether oxygens (including phenoxy) is 1. The highest BCUT2D eigenvalue weighted by Crippen LogP contribution is 2.26. The SMILES string of the molecule is CS(=O)(=O)N[C@H](CCC1CCNCC1)C(=O)N1C[C@H](OCc2ccc(Br)cc2F)C[C@H]1C(=O)NCc1ccccc1F. The molecule has 0 aliphatic carbocycles. The monoisotopic (exact) mass is 670 g/mol. The van der Waals surface area contributed by atoms with E-state index >= 15 is 0 Å². The Hall–Kier alpha value is -2.45. The number of hydrogen-bond acceptors (Lipinski definition) is 6. The van der Waals surface area contributed by atoms with Gasteiger partial charge in [0.15, 0.2) is 0 Å². The number of nitrogens with one attached hydrogen (secondary N) is 3. The average molecular weight is 672 g/mol. The van der Waals surface area contributed by atoms with Crippen molar-refractivity contribution < 1.29 is 31.5 Å². The molecule has 2 amide bonds. The summed E-state index contributed by atoms with van der Waals surface area (Å²) in [6, 6.07) is 8.62. The average Bonchev–Trinajstić information content (AvgIpc) is 3.38. The predicted molar refractivity (Wildman–Crippen MR) is 158 cm³/mol. The van der Waals surface area contributed by atoms with Crippen LogP contribution in [0.5, 0.6) is 0 Å². The largest absolute Gasteiger partial charge is 0.371 e. The van der Waals surface area contributed by atoms with Crippen molar-refractivity contribution in [1.29, 1.82) is 0 Å². The highest BCUT2D eigenvalue weighted by molar-refractivity contribution is 9.10. The van der Waals surface area contributed by atoms with Gasteiger partial charge in [-0.15, -0.1) is 0 Å². The smallest absolute Gasteiger partial charge is 0.243 e. The molecule has 0 spiro atoms. The van der Waals surface area contributed by atoms with Gasteiger partial charge in [-0.2, -0.15) is 0 Å². The zero-order valence-corrected chi connectivity index (χ0v) is 25.9. The van der Waals surface area contributed by atoms with Crippen LogP contribution in [0.25, 0.3) is 0 Å². The van der Waals surface area contributed by atoms with Gasteiger partial charge in [-0.05, 0) is 62.9 Å². The quantitative estimate of drug-likeness (QED) is 0.319. The number of likely N-dealkylation sites (tertiary alicyclic amines) is 1. The first kappa shape index (κ1) is 32.5. The molecule has 2 heterocycles. The van der Waals surface area contributed by atoms with Gasteiger partial charge in [0.05, 0.1) is 19.0 Å². The Morgan fingerprint density at radius 1 is 1.12 bits per heavy atom. The molecule has 42 heavy (non-hydrogen) atoms. The van der Waals surface area contributed by atoms with E-state index in [1.54, 1.807) is 30.3 Å². The molecule has 2 aliphatic rings. The van der Waals surface area contributed by atoms with Crippen LogP contribution in [-0.2, 0) is 37.5 Å². The van der Waals surface area contributed by atoms with Gasteiger partial charge in [0, 0.05) is 35.1 Å². The number of rotatable bonds is 12. The van der Waals surface area contributed by atoms with E-state index in [4.69, 9.17) is 4.74 Å². The van der Waals surface area contributed by atoms with Crippen LogP contribution in [0.2, 0.25) is 0 Å². The minimum Gasteiger partial charge on any atom is -0.371 e. The van der Waals surface area contributed by atoms with Crippen molar-refractivity contribution in [3.63, 3.8) is 0 Å². The second-order valence-corrected chi connectivity index (χ2v) is 13.6. The third kappa shape index (κ3) is 9.27. The lowest BCUT2D eigenvalue weighted by Gasteiger charge is -2.30. The van der Waals surface area contributed by atoms with Gasteiger partial charge in [0.2, 0.25) is 21.8 Å². The molecule has 2 aliphatic heterocycles. The molecule has 13 heteroatoms. The van der Waals surface area contributed by atoms with Crippen LogP contribution in [0.4, 0.5) is 8.78 Å². The number of sulfonamides is 1. The Morgan fingerprint density at radius 3 is 2.55 bits per heavy atom. The van der Waals surface area contributed by atoms with E-state index in [1.165, 1.54) is 17.0 Å². The second kappa shape index (κ2) is 14.8. The fourth-order valence-corrected chi connectivity index (χ4v) is 6.53. The van der Waals surface area contributed by atoms with E-state index in [0.29, 0.717) is 27.9 Å². The highest BCUT2D eigenvalue weighted by atomic mass is 79.9. The van der Waals surface area contributed by atoms with Crippen LogP contribution in [0.3, 0.4) is 0 Å². The first-order valence-corrected chi connectivity index (χ1v) is 16.7. The maximum Gasteiger partial charge on any atom is 0.243 e. The number of benzene rings is 2. The molecule has 3 N–H and O–H groups in total. The Labute approximate surface area is 253 Å². The van der Waals surface area contributed by atoms with Crippen LogP contribution in [-0.4, -0.2) is 69.2 Å². The lowest BCUT2D eigenvalue weighted by atomic mass is 9.91. The highest BCUT2D eigenvalue weighted by Gasteiger charge is 2.42.